The van der Waals surface area contributed by atoms with E-state index in [1.807, 2.05) is 6.07 Å². The van der Waals surface area contributed by atoms with Crippen molar-refractivity contribution in [2.45, 2.75) is 26.9 Å². The summed E-state index contributed by atoms with van der Waals surface area (Å²) in [5, 5.41) is 9.09. The van der Waals surface area contributed by atoms with Gasteiger partial charge in [-0.3, -0.25) is 9.59 Å². The van der Waals surface area contributed by atoms with Crippen LogP contribution in [0.25, 0.3) is 0 Å². The van der Waals surface area contributed by atoms with E-state index in [0.29, 0.717) is 17.4 Å². The van der Waals surface area contributed by atoms with E-state index in [2.05, 4.69) is 0 Å². The third-order valence-electron chi connectivity index (χ3n) is 4.09. The van der Waals surface area contributed by atoms with Gasteiger partial charge in [0.2, 0.25) is 0 Å². The molecule has 2 aromatic rings. The summed E-state index contributed by atoms with van der Waals surface area (Å²) in [6.07, 6.45) is 0.645. The van der Waals surface area contributed by atoms with E-state index in [1.165, 1.54) is 42.5 Å². The zero-order valence-electron chi connectivity index (χ0n) is 15.0. The molecule has 0 N–H and O–H groups in total. The Morgan fingerprint density at radius 1 is 1.19 bits per heavy atom. The molecule has 0 aliphatic carbocycles. The van der Waals surface area contributed by atoms with Gasteiger partial charge in [-0.2, -0.15) is 5.26 Å². The molecule has 0 saturated carbocycles. The predicted octanol–water partition coefficient (Wildman–Crippen LogP) is 3.59. The standard InChI is InChI=1S/C21H18FNO4/c1-21(2,9-10-24)20(26)27-13-16-11-14(12-23)3-8-18(16)19(25)15-4-6-17(22)7-5-15/h3-8,10-11H,9,13H2,1-2H3. The predicted molar refractivity (Wildman–Crippen MR) is 95.2 cm³/mol. The summed E-state index contributed by atoms with van der Waals surface area (Å²) in [6, 6.07) is 11.5. The Hall–Kier alpha value is -3.33. The number of benzene rings is 2. The number of ketones is 1. The molecule has 2 rings (SSSR count). The van der Waals surface area contributed by atoms with Crippen LogP contribution in [0.4, 0.5) is 4.39 Å². The van der Waals surface area contributed by atoms with E-state index < -0.39 is 17.2 Å². The van der Waals surface area contributed by atoms with Crippen molar-refractivity contribution in [3.63, 3.8) is 0 Å². The molecule has 0 aliphatic rings. The third-order valence-corrected chi connectivity index (χ3v) is 4.09. The number of halogens is 1. The highest BCUT2D eigenvalue weighted by Crippen LogP contribution is 2.23. The van der Waals surface area contributed by atoms with E-state index in [0.717, 1.165) is 0 Å². The zero-order valence-corrected chi connectivity index (χ0v) is 15.0. The van der Waals surface area contributed by atoms with Crippen molar-refractivity contribution in [3.8, 4) is 6.07 Å². The topological polar surface area (TPSA) is 84.2 Å². The molecule has 0 bridgehead atoms. The Kier molecular flexibility index (Phi) is 6.19. The van der Waals surface area contributed by atoms with Crippen LogP contribution in [-0.4, -0.2) is 18.0 Å². The largest absolute Gasteiger partial charge is 0.460 e. The lowest BCUT2D eigenvalue weighted by Gasteiger charge is -2.20. The van der Waals surface area contributed by atoms with E-state index in [9.17, 15) is 18.8 Å². The number of carbonyl (C=O) groups excluding carboxylic acids is 3. The molecule has 5 nitrogen and oxygen atoms in total. The molecule has 6 heteroatoms. The van der Waals surface area contributed by atoms with Gasteiger partial charge in [-0.05, 0) is 56.3 Å². The number of hydrogen-bond donors (Lipinski definition) is 0. The van der Waals surface area contributed by atoms with Crippen LogP contribution in [0.1, 0.15) is 47.3 Å². The average molecular weight is 367 g/mol. The van der Waals surface area contributed by atoms with Gasteiger partial charge in [-0.25, -0.2) is 4.39 Å². The van der Waals surface area contributed by atoms with Crippen LogP contribution in [0.3, 0.4) is 0 Å². The van der Waals surface area contributed by atoms with Gasteiger partial charge in [0.25, 0.3) is 0 Å². The molecule has 0 atom stereocenters. The van der Waals surface area contributed by atoms with Crippen molar-refractivity contribution in [2.24, 2.45) is 5.41 Å². The van der Waals surface area contributed by atoms with Crippen molar-refractivity contribution < 1.29 is 23.5 Å². The molecule has 0 fully saturated rings. The summed E-state index contributed by atoms with van der Waals surface area (Å²) in [5.74, 6) is -1.42. The number of aldehydes is 1. The SMILES string of the molecule is CC(C)(CC=O)C(=O)OCc1cc(C#N)ccc1C(=O)c1ccc(F)cc1. The number of ether oxygens (including phenoxy) is 1. The van der Waals surface area contributed by atoms with Gasteiger partial charge in [0, 0.05) is 23.1 Å². The van der Waals surface area contributed by atoms with Crippen molar-refractivity contribution in [3.05, 3.63) is 70.5 Å². The number of rotatable bonds is 7. The average Bonchev–Trinajstić information content (AvgIpc) is 2.65. The number of esters is 1. The van der Waals surface area contributed by atoms with Crippen LogP contribution in [0.15, 0.2) is 42.5 Å². The van der Waals surface area contributed by atoms with Crippen LogP contribution in [-0.2, 0) is 20.9 Å². The Balaban J connectivity index is 2.30. The van der Waals surface area contributed by atoms with Gasteiger partial charge in [0.15, 0.2) is 5.78 Å². The van der Waals surface area contributed by atoms with Gasteiger partial charge < -0.3 is 9.53 Å². The van der Waals surface area contributed by atoms with Gasteiger partial charge in [0.05, 0.1) is 17.0 Å². The molecule has 2 aromatic carbocycles. The van der Waals surface area contributed by atoms with Gasteiger partial charge in [-0.15, -0.1) is 0 Å². The first-order valence-electron chi connectivity index (χ1n) is 8.22. The molecule has 0 radical (unpaired) electrons. The Morgan fingerprint density at radius 2 is 1.85 bits per heavy atom. The van der Waals surface area contributed by atoms with Gasteiger partial charge in [-0.1, -0.05) is 0 Å². The summed E-state index contributed by atoms with van der Waals surface area (Å²) < 4.78 is 18.4. The fraction of sp³-hybridized carbons (Fsp3) is 0.238. The fourth-order valence-electron chi connectivity index (χ4n) is 2.39. The van der Waals surface area contributed by atoms with Crippen LogP contribution < -0.4 is 0 Å². The molecule has 138 valence electrons. The summed E-state index contributed by atoms with van der Waals surface area (Å²) in [7, 11) is 0. The number of nitriles is 1. The van der Waals surface area contributed by atoms with Gasteiger partial charge in [0.1, 0.15) is 18.7 Å². The minimum Gasteiger partial charge on any atom is -0.460 e. The number of hydrogen-bond acceptors (Lipinski definition) is 5. The van der Waals surface area contributed by atoms with E-state index in [4.69, 9.17) is 10.00 Å². The highest BCUT2D eigenvalue weighted by atomic mass is 19.1. The summed E-state index contributed by atoms with van der Waals surface area (Å²) in [4.78, 5) is 35.6. The molecule has 0 amide bonds. The monoisotopic (exact) mass is 367 g/mol. The number of nitrogens with zero attached hydrogens (tertiary/aromatic N) is 1. The highest BCUT2D eigenvalue weighted by molar-refractivity contribution is 6.10. The molecule has 0 spiro atoms. The van der Waals surface area contributed by atoms with Crippen molar-refractivity contribution in [2.75, 3.05) is 0 Å². The van der Waals surface area contributed by atoms with Crippen molar-refractivity contribution in [1.29, 1.82) is 5.26 Å². The second-order valence-electron chi connectivity index (χ2n) is 6.65. The maximum absolute atomic E-state index is 13.1. The second-order valence-corrected chi connectivity index (χ2v) is 6.65. The van der Waals surface area contributed by atoms with E-state index >= 15 is 0 Å². The normalized spacial score (nSPS) is 10.7. The first kappa shape index (κ1) is 20.0. The molecule has 0 aliphatic heterocycles. The zero-order chi connectivity index (χ0) is 20.0. The summed E-state index contributed by atoms with van der Waals surface area (Å²) in [5.41, 5.74) is 0.203. The van der Waals surface area contributed by atoms with Crippen LogP contribution in [0, 0.1) is 22.6 Å². The molecule has 0 unspecified atom stereocenters. The van der Waals surface area contributed by atoms with E-state index in [-0.39, 0.29) is 29.9 Å². The Bertz CT molecular complexity index is 911. The summed E-state index contributed by atoms with van der Waals surface area (Å²) in [6.45, 7) is 2.94. The molecule has 0 saturated heterocycles. The maximum Gasteiger partial charge on any atom is 0.312 e. The fourth-order valence-corrected chi connectivity index (χ4v) is 2.39. The second kappa shape index (κ2) is 8.37. The maximum atomic E-state index is 13.1. The third kappa shape index (κ3) is 4.85. The van der Waals surface area contributed by atoms with Crippen molar-refractivity contribution in [1.82, 2.24) is 0 Å². The molecule has 27 heavy (non-hydrogen) atoms. The first-order chi connectivity index (χ1) is 12.8. The Morgan fingerprint density at radius 3 is 2.44 bits per heavy atom. The van der Waals surface area contributed by atoms with Crippen LogP contribution in [0.5, 0.6) is 0 Å². The molecular weight excluding hydrogens is 349 g/mol. The van der Waals surface area contributed by atoms with Gasteiger partial charge >= 0.3 is 5.97 Å². The summed E-state index contributed by atoms with van der Waals surface area (Å²) >= 11 is 0. The minimum atomic E-state index is -0.990. The lowest BCUT2D eigenvalue weighted by Crippen LogP contribution is -2.27. The lowest BCUT2D eigenvalue weighted by molar-refractivity contribution is -0.156. The quantitative estimate of drug-likeness (QED) is 0.424. The smallest absolute Gasteiger partial charge is 0.312 e. The number of carbonyl (C=O) groups is 3. The minimum absolute atomic E-state index is 0.00539. The lowest BCUT2D eigenvalue weighted by atomic mass is 9.90. The van der Waals surface area contributed by atoms with Crippen molar-refractivity contribution >= 4 is 18.0 Å². The molecule has 0 heterocycles. The van der Waals surface area contributed by atoms with E-state index in [1.54, 1.807) is 13.8 Å². The highest BCUT2D eigenvalue weighted by Gasteiger charge is 2.29. The molecule has 0 aromatic heterocycles. The first-order valence-corrected chi connectivity index (χ1v) is 8.22. The Labute approximate surface area is 156 Å². The van der Waals surface area contributed by atoms with Crippen LogP contribution in [0.2, 0.25) is 0 Å². The van der Waals surface area contributed by atoms with Crippen LogP contribution >= 0.6 is 0 Å². The molecular formula is C21H18FNO4.